The number of rotatable bonds is 6. The van der Waals surface area contributed by atoms with Crippen molar-refractivity contribution < 1.29 is 4.52 Å². The molecule has 0 bridgehead atoms. The highest BCUT2D eigenvalue weighted by Crippen LogP contribution is 2.22. The molecule has 0 radical (unpaired) electrons. The fraction of sp³-hybridized carbons (Fsp3) is 0.733. The van der Waals surface area contributed by atoms with Crippen LogP contribution in [0.4, 0.5) is 0 Å². The maximum absolute atomic E-state index is 5.22. The van der Waals surface area contributed by atoms with Gasteiger partial charge in [0.15, 0.2) is 5.96 Å². The van der Waals surface area contributed by atoms with Gasteiger partial charge in [-0.05, 0) is 26.2 Å². The Balaban J connectivity index is 2.45. The minimum atomic E-state index is 0.338. The Kier molecular flexibility index (Phi) is 6.55. The van der Waals surface area contributed by atoms with E-state index < -0.39 is 0 Å². The van der Waals surface area contributed by atoms with Gasteiger partial charge in [0.1, 0.15) is 5.76 Å². The molecular formula is C15H28N4O. The van der Waals surface area contributed by atoms with E-state index in [0.29, 0.717) is 11.8 Å². The predicted molar refractivity (Wildman–Crippen MR) is 83.2 cm³/mol. The second-order valence-electron chi connectivity index (χ2n) is 5.70. The third kappa shape index (κ3) is 4.87. The van der Waals surface area contributed by atoms with Crippen molar-refractivity contribution in [2.75, 3.05) is 20.1 Å². The average Bonchev–Trinajstić information content (AvgIpc) is 2.72. The van der Waals surface area contributed by atoms with E-state index in [0.717, 1.165) is 36.9 Å². The minimum absolute atomic E-state index is 0.338. The molecule has 20 heavy (non-hydrogen) atoms. The van der Waals surface area contributed by atoms with Crippen LogP contribution in [0.25, 0.3) is 0 Å². The Morgan fingerprint density at radius 3 is 2.45 bits per heavy atom. The molecule has 5 nitrogen and oxygen atoms in total. The molecule has 1 unspecified atom stereocenters. The van der Waals surface area contributed by atoms with Gasteiger partial charge >= 0.3 is 0 Å². The molecule has 1 aromatic heterocycles. The largest absolute Gasteiger partial charge is 0.361 e. The number of guanidine groups is 1. The molecule has 2 N–H and O–H groups in total. The summed E-state index contributed by atoms with van der Waals surface area (Å²) in [5.41, 5.74) is 2.16. The van der Waals surface area contributed by atoms with Crippen LogP contribution in [0.1, 0.15) is 50.1 Å². The van der Waals surface area contributed by atoms with Crippen LogP contribution in [-0.2, 0) is 0 Å². The van der Waals surface area contributed by atoms with Gasteiger partial charge in [-0.15, -0.1) is 0 Å². The first-order valence-corrected chi connectivity index (χ1v) is 7.33. The van der Waals surface area contributed by atoms with Crippen molar-refractivity contribution in [1.82, 2.24) is 15.8 Å². The highest BCUT2D eigenvalue weighted by molar-refractivity contribution is 5.79. The number of aryl methyl sites for hydroxylation is 2. The number of nitrogens with zero attached hydrogens (tertiary/aromatic N) is 2. The van der Waals surface area contributed by atoms with Gasteiger partial charge in [-0.2, -0.15) is 0 Å². The highest BCUT2D eigenvalue weighted by atomic mass is 16.5. The summed E-state index contributed by atoms with van der Waals surface area (Å²) in [4.78, 5) is 4.24. The van der Waals surface area contributed by atoms with Crippen LogP contribution in [0.3, 0.4) is 0 Å². The fourth-order valence-corrected chi connectivity index (χ4v) is 2.25. The van der Waals surface area contributed by atoms with E-state index in [-0.39, 0.29) is 0 Å². The third-order valence-corrected chi connectivity index (χ3v) is 3.39. The van der Waals surface area contributed by atoms with Crippen LogP contribution in [0.15, 0.2) is 9.52 Å². The van der Waals surface area contributed by atoms with Crippen LogP contribution in [0.2, 0.25) is 0 Å². The quantitative estimate of drug-likeness (QED) is 0.621. The van der Waals surface area contributed by atoms with Gasteiger partial charge in [-0.1, -0.05) is 25.9 Å². The maximum Gasteiger partial charge on any atom is 0.190 e. The summed E-state index contributed by atoms with van der Waals surface area (Å²) >= 11 is 0. The van der Waals surface area contributed by atoms with Crippen LogP contribution in [0.5, 0.6) is 0 Å². The van der Waals surface area contributed by atoms with Crippen molar-refractivity contribution in [1.29, 1.82) is 0 Å². The molecule has 0 aliphatic rings. The van der Waals surface area contributed by atoms with Crippen molar-refractivity contribution in [2.45, 2.75) is 47.0 Å². The zero-order valence-electron chi connectivity index (χ0n) is 13.6. The number of aliphatic imine (C=N–C) groups is 1. The Morgan fingerprint density at radius 1 is 1.25 bits per heavy atom. The van der Waals surface area contributed by atoms with E-state index in [1.165, 1.54) is 5.56 Å². The molecule has 0 fully saturated rings. The van der Waals surface area contributed by atoms with Gasteiger partial charge in [0, 0.05) is 31.6 Å². The smallest absolute Gasteiger partial charge is 0.190 e. The number of nitrogens with one attached hydrogen (secondary N) is 2. The first-order chi connectivity index (χ1) is 9.45. The monoisotopic (exact) mass is 280 g/mol. The summed E-state index contributed by atoms with van der Waals surface area (Å²) < 4.78 is 5.22. The van der Waals surface area contributed by atoms with Crippen LogP contribution >= 0.6 is 0 Å². The second kappa shape index (κ2) is 7.92. The predicted octanol–water partition coefficient (Wildman–Crippen LogP) is 2.61. The molecule has 0 spiro atoms. The van der Waals surface area contributed by atoms with Gasteiger partial charge in [0.25, 0.3) is 0 Å². The lowest BCUT2D eigenvalue weighted by Crippen LogP contribution is -2.39. The van der Waals surface area contributed by atoms with Crippen LogP contribution in [-0.4, -0.2) is 31.3 Å². The molecule has 1 atom stereocenters. The molecule has 0 saturated carbocycles. The van der Waals surface area contributed by atoms with E-state index >= 15 is 0 Å². The average molecular weight is 280 g/mol. The lowest BCUT2D eigenvalue weighted by molar-refractivity contribution is 0.391. The van der Waals surface area contributed by atoms with Crippen molar-refractivity contribution in [3.05, 3.63) is 17.0 Å². The molecule has 0 saturated heterocycles. The van der Waals surface area contributed by atoms with Crippen molar-refractivity contribution in [3.8, 4) is 0 Å². The van der Waals surface area contributed by atoms with Gasteiger partial charge in [-0.3, -0.25) is 4.99 Å². The summed E-state index contributed by atoms with van der Waals surface area (Å²) in [6.07, 6.45) is 1.14. The SMILES string of the molecule is CN=C(NCCC(C)C)NCC(C)c1c(C)noc1C. The molecular weight excluding hydrogens is 252 g/mol. The molecule has 1 rings (SSSR count). The highest BCUT2D eigenvalue weighted by Gasteiger charge is 2.16. The lowest BCUT2D eigenvalue weighted by atomic mass is 10.00. The maximum atomic E-state index is 5.22. The number of aromatic nitrogens is 1. The molecule has 114 valence electrons. The van der Waals surface area contributed by atoms with Gasteiger partial charge < -0.3 is 15.2 Å². The summed E-state index contributed by atoms with van der Waals surface area (Å²) in [6.45, 7) is 12.3. The van der Waals surface area contributed by atoms with Crippen LogP contribution in [0, 0.1) is 19.8 Å². The zero-order valence-corrected chi connectivity index (χ0v) is 13.6. The summed E-state index contributed by atoms with van der Waals surface area (Å²) in [7, 11) is 1.80. The van der Waals surface area contributed by atoms with Gasteiger partial charge in [0.05, 0.1) is 5.69 Å². The first kappa shape index (κ1) is 16.5. The Morgan fingerprint density at radius 2 is 1.95 bits per heavy atom. The second-order valence-corrected chi connectivity index (χ2v) is 5.70. The fourth-order valence-electron chi connectivity index (χ4n) is 2.25. The lowest BCUT2D eigenvalue weighted by Gasteiger charge is -2.16. The Labute approximate surface area is 122 Å². The van der Waals surface area contributed by atoms with Crippen molar-refractivity contribution in [3.63, 3.8) is 0 Å². The molecule has 0 amide bonds. The Hall–Kier alpha value is -1.52. The third-order valence-electron chi connectivity index (χ3n) is 3.39. The molecule has 5 heteroatoms. The van der Waals surface area contributed by atoms with E-state index in [1.807, 2.05) is 13.8 Å². The van der Waals surface area contributed by atoms with E-state index in [2.05, 4.69) is 41.6 Å². The molecule has 1 aromatic rings. The van der Waals surface area contributed by atoms with E-state index in [9.17, 15) is 0 Å². The van der Waals surface area contributed by atoms with E-state index in [4.69, 9.17) is 4.52 Å². The molecule has 0 aromatic carbocycles. The first-order valence-electron chi connectivity index (χ1n) is 7.33. The zero-order chi connectivity index (χ0) is 15.1. The number of hydrogen-bond donors (Lipinski definition) is 2. The minimum Gasteiger partial charge on any atom is -0.361 e. The summed E-state index contributed by atoms with van der Waals surface area (Å²) in [6, 6.07) is 0. The Bertz CT molecular complexity index is 418. The number of hydrogen-bond acceptors (Lipinski definition) is 3. The normalized spacial score (nSPS) is 13.7. The van der Waals surface area contributed by atoms with E-state index in [1.54, 1.807) is 7.05 Å². The van der Waals surface area contributed by atoms with Gasteiger partial charge in [0.2, 0.25) is 0 Å². The summed E-state index contributed by atoms with van der Waals surface area (Å²) in [5.74, 6) is 2.79. The molecule has 1 heterocycles. The molecule has 0 aliphatic heterocycles. The van der Waals surface area contributed by atoms with Gasteiger partial charge in [-0.25, -0.2) is 0 Å². The standard InChI is InChI=1S/C15H28N4O/c1-10(2)7-8-17-15(16-6)18-9-11(3)14-12(4)19-20-13(14)5/h10-11H,7-9H2,1-6H3,(H2,16,17,18). The summed E-state index contributed by atoms with van der Waals surface area (Å²) in [5, 5.41) is 10.7. The van der Waals surface area contributed by atoms with Crippen molar-refractivity contribution in [2.24, 2.45) is 10.9 Å². The molecule has 0 aliphatic carbocycles. The van der Waals surface area contributed by atoms with Crippen LogP contribution < -0.4 is 10.6 Å². The van der Waals surface area contributed by atoms with Crippen molar-refractivity contribution >= 4 is 5.96 Å². The topological polar surface area (TPSA) is 62.5 Å².